The zero-order valence-corrected chi connectivity index (χ0v) is 9.57. The highest BCUT2D eigenvalue weighted by molar-refractivity contribution is 5.63. The van der Waals surface area contributed by atoms with Gasteiger partial charge in [0.15, 0.2) is 0 Å². The lowest BCUT2D eigenvalue weighted by Crippen LogP contribution is -1.89. The zero-order chi connectivity index (χ0) is 12.3. The Hall–Kier alpha value is -2.04. The quantitative estimate of drug-likeness (QED) is 0.820. The highest BCUT2D eigenvalue weighted by Crippen LogP contribution is 2.31. The summed E-state index contributed by atoms with van der Waals surface area (Å²) in [6.45, 7) is 2.32. The van der Waals surface area contributed by atoms with Crippen LogP contribution in [0.2, 0.25) is 0 Å². The van der Waals surface area contributed by atoms with Crippen LogP contribution in [0.15, 0.2) is 28.8 Å². The molecule has 2 aromatic rings. The normalized spacial score (nSPS) is 10.3. The largest absolute Gasteiger partial charge is 0.496 e. The molecule has 0 aliphatic rings. The van der Waals surface area contributed by atoms with Crippen LogP contribution in [0.25, 0.3) is 11.5 Å². The minimum Gasteiger partial charge on any atom is -0.496 e. The van der Waals surface area contributed by atoms with Gasteiger partial charge in [0.1, 0.15) is 17.8 Å². The third-order valence-corrected chi connectivity index (χ3v) is 2.16. The molecular weight excluding hydrogens is 225 g/mol. The number of benzene rings is 1. The van der Waals surface area contributed by atoms with Gasteiger partial charge in [0, 0.05) is 0 Å². The molecule has 0 bridgehead atoms. The molecule has 0 N–H and O–H groups in total. The Bertz CT molecular complexity index is 510. The molecule has 0 amide bonds. The van der Waals surface area contributed by atoms with Crippen LogP contribution in [-0.4, -0.2) is 18.7 Å². The van der Waals surface area contributed by atoms with E-state index in [0.717, 1.165) is 0 Å². The molecule has 2 rings (SSSR count). The van der Waals surface area contributed by atoms with Gasteiger partial charge in [0.25, 0.3) is 0 Å². The van der Waals surface area contributed by atoms with E-state index < -0.39 is 0 Å². The van der Waals surface area contributed by atoms with Crippen LogP contribution in [0.4, 0.5) is 4.39 Å². The number of aromatic nitrogens is 1. The second-order valence-electron chi connectivity index (χ2n) is 3.26. The van der Waals surface area contributed by atoms with Crippen molar-refractivity contribution < 1.29 is 18.3 Å². The smallest absolute Gasteiger partial charge is 0.305 e. The fourth-order valence-corrected chi connectivity index (χ4v) is 1.44. The van der Waals surface area contributed by atoms with Crippen molar-refractivity contribution in [3.63, 3.8) is 0 Å². The standard InChI is InChI=1S/C12H12FNO3/c1-3-16-11-7-14-12(17-11)9-6-8(13)4-5-10(9)15-2/h4-7H,3H2,1-2H3. The molecule has 0 spiro atoms. The first-order valence-corrected chi connectivity index (χ1v) is 5.17. The van der Waals surface area contributed by atoms with Gasteiger partial charge < -0.3 is 13.9 Å². The van der Waals surface area contributed by atoms with E-state index in [4.69, 9.17) is 13.9 Å². The van der Waals surface area contributed by atoms with Gasteiger partial charge >= 0.3 is 5.95 Å². The average molecular weight is 237 g/mol. The third-order valence-electron chi connectivity index (χ3n) is 2.16. The summed E-state index contributed by atoms with van der Waals surface area (Å²) >= 11 is 0. The van der Waals surface area contributed by atoms with Gasteiger partial charge in [-0.25, -0.2) is 9.37 Å². The van der Waals surface area contributed by atoms with Crippen LogP contribution >= 0.6 is 0 Å². The molecule has 0 fully saturated rings. The molecule has 4 nitrogen and oxygen atoms in total. The van der Waals surface area contributed by atoms with Crippen LogP contribution in [0, 0.1) is 5.82 Å². The summed E-state index contributed by atoms with van der Waals surface area (Å²) < 4.78 is 28.8. The first-order chi connectivity index (χ1) is 8.24. The predicted molar refractivity (Wildman–Crippen MR) is 59.6 cm³/mol. The van der Waals surface area contributed by atoms with Crippen molar-refractivity contribution >= 4 is 0 Å². The number of oxazole rings is 1. The van der Waals surface area contributed by atoms with Crippen molar-refractivity contribution in [2.75, 3.05) is 13.7 Å². The topological polar surface area (TPSA) is 44.5 Å². The molecular formula is C12H12FNO3. The second-order valence-corrected chi connectivity index (χ2v) is 3.26. The zero-order valence-electron chi connectivity index (χ0n) is 9.57. The highest BCUT2D eigenvalue weighted by atomic mass is 19.1. The molecule has 1 aromatic heterocycles. The minimum absolute atomic E-state index is 0.268. The van der Waals surface area contributed by atoms with Crippen LogP contribution in [0.1, 0.15) is 6.92 Å². The van der Waals surface area contributed by atoms with E-state index >= 15 is 0 Å². The van der Waals surface area contributed by atoms with Crippen molar-refractivity contribution in [3.05, 3.63) is 30.2 Å². The van der Waals surface area contributed by atoms with Crippen molar-refractivity contribution in [1.29, 1.82) is 0 Å². The number of methoxy groups -OCH3 is 1. The molecule has 0 aliphatic heterocycles. The Labute approximate surface area is 98.0 Å². The summed E-state index contributed by atoms with van der Waals surface area (Å²) in [6.07, 6.45) is 1.45. The molecule has 1 aromatic carbocycles. The molecule has 17 heavy (non-hydrogen) atoms. The Morgan fingerprint density at radius 3 is 2.94 bits per heavy atom. The van der Waals surface area contributed by atoms with E-state index in [-0.39, 0.29) is 11.7 Å². The SMILES string of the molecule is CCOc1cnc(-c2cc(F)ccc2OC)o1. The lowest BCUT2D eigenvalue weighted by molar-refractivity contribution is 0.260. The van der Waals surface area contributed by atoms with Crippen molar-refractivity contribution in [3.8, 4) is 23.1 Å². The molecule has 0 radical (unpaired) electrons. The summed E-state index contributed by atoms with van der Waals surface area (Å²) in [5.41, 5.74) is 0.457. The van der Waals surface area contributed by atoms with Gasteiger partial charge in [-0.1, -0.05) is 0 Å². The summed E-state index contributed by atoms with van der Waals surface area (Å²) in [6, 6.07) is 4.14. The Balaban J connectivity index is 2.40. The van der Waals surface area contributed by atoms with Gasteiger partial charge in [0.05, 0.1) is 19.3 Å². The molecule has 0 saturated carbocycles. The van der Waals surface area contributed by atoms with E-state index in [1.165, 1.54) is 31.5 Å². The van der Waals surface area contributed by atoms with Crippen LogP contribution in [0.5, 0.6) is 11.7 Å². The highest BCUT2D eigenvalue weighted by Gasteiger charge is 2.13. The predicted octanol–water partition coefficient (Wildman–Crippen LogP) is 2.89. The minimum atomic E-state index is -0.378. The molecule has 0 unspecified atom stereocenters. The molecule has 0 saturated heterocycles. The van der Waals surface area contributed by atoms with E-state index in [9.17, 15) is 4.39 Å². The Morgan fingerprint density at radius 1 is 1.41 bits per heavy atom. The number of hydrogen-bond acceptors (Lipinski definition) is 4. The number of hydrogen-bond donors (Lipinski definition) is 0. The molecule has 1 heterocycles. The number of rotatable bonds is 4. The van der Waals surface area contributed by atoms with Gasteiger partial charge in [0.2, 0.25) is 5.89 Å². The van der Waals surface area contributed by atoms with Crippen molar-refractivity contribution in [2.45, 2.75) is 6.92 Å². The van der Waals surface area contributed by atoms with Gasteiger partial charge in [-0.2, -0.15) is 0 Å². The van der Waals surface area contributed by atoms with E-state index in [1.807, 2.05) is 6.92 Å². The van der Waals surface area contributed by atoms with Gasteiger partial charge in [-0.05, 0) is 25.1 Å². The second kappa shape index (κ2) is 4.86. The van der Waals surface area contributed by atoms with Gasteiger partial charge in [-0.3, -0.25) is 0 Å². The molecule has 0 atom stereocenters. The summed E-state index contributed by atoms with van der Waals surface area (Å²) in [7, 11) is 1.50. The molecule has 90 valence electrons. The summed E-state index contributed by atoms with van der Waals surface area (Å²) in [5.74, 6) is 0.687. The van der Waals surface area contributed by atoms with E-state index in [2.05, 4.69) is 4.98 Å². The fourth-order valence-electron chi connectivity index (χ4n) is 1.44. The van der Waals surface area contributed by atoms with Crippen molar-refractivity contribution in [2.24, 2.45) is 0 Å². The van der Waals surface area contributed by atoms with Crippen LogP contribution < -0.4 is 9.47 Å². The average Bonchev–Trinajstić information content (AvgIpc) is 2.78. The third kappa shape index (κ3) is 2.38. The monoisotopic (exact) mass is 237 g/mol. The lowest BCUT2D eigenvalue weighted by atomic mass is 10.2. The number of nitrogens with zero attached hydrogens (tertiary/aromatic N) is 1. The van der Waals surface area contributed by atoms with E-state index in [0.29, 0.717) is 23.9 Å². The summed E-state index contributed by atoms with van der Waals surface area (Å²) in [5, 5.41) is 0. The van der Waals surface area contributed by atoms with Crippen LogP contribution in [-0.2, 0) is 0 Å². The lowest BCUT2D eigenvalue weighted by Gasteiger charge is -2.04. The fraction of sp³-hybridized carbons (Fsp3) is 0.250. The summed E-state index contributed by atoms with van der Waals surface area (Å²) in [4.78, 5) is 4.02. The van der Waals surface area contributed by atoms with Crippen LogP contribution in [0.3, 0.4) is 0 Å². The maximum Gasteiger partial charge on any atom is 0.305 e. The maximum atomic E-state index is 13.2. The first kappa shape index (κ1) is 11.4. The first-order valence-electron chi connectivity index (χ1n) is 5.17. The van der Waals surface area contributed by atoms with Gasteiger partial charge in [-0.15, -0.1) is 0 Å². The Kier molecular flexibility index (Phi) is 3.27. The van der Waals surface area contributed by atoms with Crippen molar-refractivity contribution in [1.82, 2.24) is 4.98 Å². The molecule has 0 aliphatic carbocycles. The Morgan fingerprint density at radius 2 is 2.24 bits per heavy atom. The number of halogens is 1. The van der Waals surface area contributed by atoms with E-state index in [1.54, 1.807) is 0 Å². The number of ether oxygens (including phenoxy) is 2. The molecule has 5 heteroatoms. The maximum absolute atomic E-state index is 13.2.